The number of rotatable bonds is 4. The molecule has 4 heteroatoms. The molecule has 3 rings (SSSR count). The number of hydrogen-bond donors (Lipinski definition) is 0. The zero-order valence-electron chi connectivity index (χ0n) is 13.7. The summed E-state index contributed by atoms with van der Waals surface area (Å²) in [6.45, 7) is 2.07. The molecule has 0 N–H and O–H groups in total. The molecule has 3 aromatic rings. The number of carbonyl (C=O) groups is 1. The largest absolute Gasteiger partial charge is 0.469 e. The maximum absolute atomic E-state index is 11.4. The normalized spacial score (nSPS) is 10.9. The van der Waals surface area contributed by atoms with Crippen molar-refractivity contribution in [3.05, 3.63) is 53.7 Å². The van der Waals surface area contributed by atoms with Crippen LogP contribution in [0.4, 0.5) is 0 Å². The Labute approximate surface area is 135 Å². The number of esters is 1. The van der Waals surface area contributed by atoms with Crippen LogP contribution in [0.15, 0.2) is 42.6 Å². The fraction of sp³-hybridized carbons (Fsp3) is 0.263. The second-order valence-electron chi connectivity index (χ2n) is 5.76. The molecule has 0 spiro atoms. The lowest BCUT2D eigenvalue weighted by Crippen LogP contribution is -2.03. The van der Waals surface area contributed by atoms with Crippen molar-refractivity contribution in [3.63, 3.8) is 0 Å². The number of benzene rings is 2. The summed E-state index contributed by atoms with van der Waals surface area (Å²) >= 11 is 0. The molecule has 118 valence electrons. The first kappa shape index (κ1) is 15.3. The lowest BCUT2D eigenvalue weighted by molar-refractivity contribution is -0.140. The summed E-state index contributed by atoms with van der Waals surface area (Å²) in [5.41, 5.74) is 5.80. The summed E-state index contributed by atoms with van der Waals surface area (Å²) < 4.78 is 6.60. The highest BCUT2D eigenvalue weighted by atomic mass is 16.5. The minimum atomic E-state index is -0.174. The smallest absolute Gasteiger partial charge is 0.305 e. The quantitative estimate of drug-likeness (QED) is 0.691. The van der Waals surface area contributed by atoms with Gasteiger partial charge in [0.15, 0.2) is 0 Å². The summed E-state index contributed by atoms with van der Waals surface area (Å²) in [6, 6.07) is 12.7. The Kier molecular flexibility index (Phi) is 4.15. The molecule has 0 saturated carbocycles. The Bertz CT molecular complexity index is 865. The first-order valence-electron chi connectivity index (χ1n) is 7.67. The van der Waals surface area contributed by atoms with E-state index in [2.05, 4.69) is 48.4 Å². The van der Waals surface area contributed by atoms with Crippen LogP contribution in [0.2, 0.25) is 0 Å². The Hall–Kier alpha value is -2.62. The number of hydrogen-bond acceptors (Lipinski definition) is 3. The minimum absolute atomic E-state index is 0.174. The average molecular weight is 308 g/mol. The van der Waals surface area contributed by atoms with E-state index in [4.69, 9.17) is 4.74 Å². The second kappa shape index (κ2) is 6.24. The van der Waals surface area contributed by atoms with Crippen LogP contribution >= 0.6 is 0 Å². The van der Waals surface area contributed by atoms with Crippen molar-refractivity contribution in [2.75, 3.05) is 7.11 Å². The van der Waals surface area contributed by atoms with Crippen molar-refractivity contribution in [2.24, 2.45) is 7.05 Å². The maximum Gasteiger partial charge on any atom is 0.305 e. The SMILES string of the molecule is COC(=O)CCc1cc(-c2ccc3c(cnn3C)c2)ccc1C. The molecule has 1 heterocycles. The molecule has 1 aromatic heterocycles. The molecule has 0 aliphatic carbocycles. The maximum atomic E-state index is 11.4. The molecule has 0 amide bonds. The average Bonchev–Trinajstić information content (AvgIpc) is 2.94. The third kappa shape index (κ3) is 3.11. The molecule has 0 fully saturated rings. The van der Waals surface area contributed by atoms with Crippen molar-refractivity contribution in [1.29, 1.82) is 0 Å². The molecule has 0 atom stereocenters. The van der Waals surface area contributed by atoms with Gasteiger partial charge in [0.25, 0.3) is 0 Å². The van der Waals surface area contributed by atoms with Gasteiger partial charge in [-0.05, 0) is 47.7 Å². The Morgan fingerprint density at radius 1 is 1.17 bits per heavy atom. The van der Waals surface area contributed by atoms with Gasteiger partial charge in [0.1, 0.15) is 0 Å². The number of aryl methyl sites for hydroxylation is 3. The van der Waals surface area contributed by atoms with Crippen molar-refractivity contribution >= 4 is 16.9 Å². The molecule has 0 radical (unpaired) electrons. The number of ether oxygens (including phenoxy) is 1. The predicted octanol–water partition coefficient (Wildman–Crippen LogP) is 3.65. The van der Waals surface area contributed by atoms with Crippen LogP contribution < -0.4 is 0 Å². The molecule has 2 aromatic carbocycles. The zero-order valence-corrected chi connectivity index (χ0v) is 13.7. The topological polar surface area (TPSA) is 44.1 Å². The Balaban J connectivity index is 1.93. The molecular formula is C19H20N2O2. The van der Waals surface area contributed by atoms with E-state index in [0.717, 1.165) is 22.0 Å². The van der Waals surface area contributed by atoms with E-state index in [0.29, 0.717) is 12.8 Å². The van der Waals surface area contributed by atoms with Crippen LogP contribution in [0.25, 0.3) is 22.0 Å². The summed E-state index contributed by atoms with van der Waals surface area (Å²) in [5, 5.41) is 5.41. The third-order valence-corrected chi connectivity index (χ3v) is 4.25. The van der Waals surface area contributed by atoms with Gasteiger partial charge in [-0.3, -0.25) is 9.48 Å². The number of fused-ring (bicyclic) bond motifs is 1. The monoisotopic (exact) mass is 308 g/mol. The van der Waals surface area contributed by atoms with E-state index in [1.807, 2.05) is 17.9 Å². The number of nitrogens with zero attached hydrogens (tertiary/aromatic N) is 2. The van der Waals surface area contributed by atoms with E-state index >= 15 is 0 Å². The van der Waals surface area contributed by atoms with E-state index in [1.165, 1.54) is 18.2 Å². The van der Waals surface area contributed by atoms with Gasteiger partial charge in [0.2, 0.25) is 0 Å². The molecule has 0 aliphatic rings. The third-order valence-electron chi connectivity index (χ3n) is 4.25. The van der Waals surface area contributed by atoms with Gasteiger partial charge >= 0.3 is 5.97 Å². The number of carbonyl (C=O) groups excluding carboxylic acids is 1. The molecule has 0 unspecified atom stereocenters. The van der Waals surface area contributed by atoms with E-state index in [9.17, 15) is 4.79 Å². The van der Waals surface area contributed by atoms with Gasteiger partial charge in [-0.2, -0.15) is 5.10 Å². The van der Waals surface area contributed by atoms with Gasteiger partial charge in [-0.25, -0.2) is 0 Å². The summed E-state index contributed by atoms with van der Waals surface area (Å²) in [6.07, 6.45) is 2.98. The van der Waals surface area contributed by atoms with Crippen LogP contribution in [0, 0.1) is 6.92 Å². The van der Waals surface area contributed by atoms with Gasteiger partial charge in [-0.1, -0.05) is 24.3 Å². The highest BCUT2D eigenvalue weighted by Gasteiger charge is 2.08. The standard InChI is InChI=1S/C19H20N2O2/c1-13-4-5-15(10-14(13)7-9-19(22)23-3)16-6-8-18-17(11-16)12-20-21(18)2/h4-6,8,10-12H,7,9H2,1-3H3. The lowest BCUT2D eigenvalue weighted by atomic mass is 9.96. The van der Waals surface area contributed by atoms with Crippen LogP contribution in [-0.2, 0) is 23.0 Å². The van der Waals surface area contributed by atoms with Crippen molar-refractivity contribution in [3.8, 4) is 11.1 Å². The van der Waals surface area contributed by atoms with Crippen molar-refractivity contribution < 1.29 is 9.53 Å². The zero-order chi connectivity index (χ0) is 16.4. The minimum Gasteiger partial charge on any atom is -0.469 e. The highest BCUT2D eigenvalue weighted by Crippen LogP contribution is 2.26. The van der Waals surface area contributed by atoms with Gasteiger partial charge in [0.05, 0.1) is 18.8 Å². The molecule has 23 heavy (non-hydrogen) atoms. The summed E-state index contributed by atoms with van der Waals surface area (Å²) in [4.78, 5) is 11.4. The van der Waals surface area contributed by atoms with E-state index < -0.39 is 0 Å². The highest BCUT2D eigenvalue weighted by molar-refractivity contribution is 5.84. The first-order valence-corrected chi connectivity index (χ1v) is 7.67. The predicted molar refractivity (Wildman–Crippen MR) is 91.2 cm³/mol. The Morgan fingerprint density at radius 2 is 1.91 bits per heavy atom. The fourth-order valence-electron chi connectivity index (χ4n) is 2.80. The fourth-order valence-corrected chi connectivity index (χ4v) is 2.80. The number of methoxy groups -OCH3 is 1. The first-order chi connectivity index (χ1) is 11.1. The van der Waals surface area contributed by atoms with Gasteiger partial charge in [0, 0.05) is 18.9 Å². The molecule has 0 saturated heterocycles. The molecular weight excluding hydrogens is 288 g/mol. The molecule has 0 aliphatic heterocycles. The van der Waals surface area contributed by atoms with Crippen LogP contribution in [0.5, 0.6) is 0 Å². The van der Waals surface area contributed by atoms with Gasteiger partial charge < -0.3 is 4.74 Å². The molecule has 4 nitrogen and oxygen atoms in total. The summed E-state index contributed by atoms with van der Waals surface area (Å²) in [5.74, 6) is -0.174. The number of aromatic nitrogens is 2. The second-order valence-corrected chi connectivity index (χ2v) is 5.76. The van der Waals surface area contributed by atoms with E-state index in [1.54, 1.807) is 0 Å². The lowest BCUT2D eigenvalue weighted by Gasteiger charge is -2.09. The Morgan fingerprint density at radius 3 is 2.70 bits per heavy atom. The van der Waals surface area contributed by atoms with E-state index in [-0.39, 0.29) is 5.97 Å². The van der Waals surface area contributed by atoms with Crippen LogP contribution in [-0.4, -0.2) is 22.9 Å². The van der Waals surface area contributed by atoms with Crippen LogP contribution in [0.3, 0.4) is 0 Å². The summed E-state index contributed by atoms with van der Waals surface area (Å²) in [7, 11) is 3.37. The van der Waals surface area contributed by atoms with Crippen LogP contribution in [0.1, 0.15) is 17.5 Å². The molecule has 0 bridgehead atoms. The van der Waals surface area contributed by atoms with Gasteiger partial charge in [-0.15, -0.1) is 0 Å². The van der Waals surface area contributed by atoms with Crippen molar-refractivity contribution in [2.45, 2.75) is 19.8 Å². The van der Waals surface area contributed by atoms with Crippen molar-refractivity contribution in [1.82, 2.24) is 9.78 Å².